The maximum absolute atomic E-state index is 12.9. The minimum absolute atomic E-state index is 0.0558. The van der Waals surface area contributed by atoms with Crippen molar-refractivity contribution in [3.8, 4) is 11.3 Å². The first-order valence-corrected chi connectivity index (χ1v) is 11.4. The van der Waals surface area contributed by atoms with Crippen LogP contribution in [-0.2, 0) is 0 Å². The van der Waals surface area contributed by atoms with Crippen LogP contribution in [0, 0.1) is 13.8 Å². The van der Waals surface area contributed by atoms with Gasteiger partial charge >= 0.3 is 0 Å². The highest BCUT2D eigenvalue weighted by molar-refractivity contribution is 6.35. The molecule has 33 heavy (non-hydrogen) atoms. The predicted molar refractivity (Wildman–Crippen MR) is 130 cm³/mol. The molecule has 1 saturated heterocycles. The lowest BCUT2D eigenvalue weighted by molar-refractivity contribution is 0.0746. The Morgan fingerprint density at radius 1 is 0.939 bits per heavy atom. The number of hydrogen-bond acceptors (Lipinski definition) is 5. The highest BCUT2D eigenvalue weighted by Gasteiger charge is 2.25. The van der Waals surface area contributed by atoms with E-state index in [4.69, 9.17) is 28.3 Å². The van der Waals surface area contributed by atoms with Gasteiger partial charge in [-0.2, -0.15) is 9.50 Å². The monoisotopic (exact) mass is 480 g/mol. The van der Waals surface area contributed by atoms with Crippen LogP contribution >= 0.6 is 23.2 Å². The Bertz CT molecular complexity index is 1360. The topological polar surface area (TPSA) is 66.6 Å². The van der Waals surface area contributed by atoms with Gasteiger partial charge < -0.3 is 9.80 Å². The Labute approximate surface area is 201 Å². The summed E-state index contributed by atoms with van der Waals surface area (Å²) in [6.07, 6.45) is 1.68. The summed E-state index contributed by atoms with van der Waals surface area (Å²) in [4.78, 5) is 25.9. The van der Waals surface area contributed by atoms with Crippen molar-refractivity contribution >= 4 is 40.8 Å². The first kappa shape index (κ1) is 21.7. The summed E-state index contributed by atoms with van der Waals surface area (Å²) in [7, 11) is 0. The molecule has 0 atom stereocenters. The van der Waals surface area contributed by atoms with Crippen molar-refractivity contribution in [3.05, 3.63) is 75.4 Å². The molecule has 168 valence electrons. The van der Waals surface area contributed by atoms with Crippen molar-refractivity contribution in [2.24, 2.45) is 0 Å². The van der Waals surface area contributed by atoms with Crippen LogP contribution in [-0.4, -0.2) is 56.6 Å². The maximum atomic E-state index is 12.9. The molecular weight excluding hydrogens is 459 g/mol. The molecule has 1 amide bonds. The normalized spacial score (nSPS) is 14.2. The van der Waals surface area contributed by atoms with Crippen molar-refractivity contribution in [2.75, 3.05) is 31.1 Å². The van der Waals surface area contributed by atoms with E-state index in [1.165, 1.54) is 5.56 Å². The molecule has 2 aromatic carbocycles. The molecule has 0 spiro atoms. The summed E-state index contributed by atoms with van der Waals surface area (Å²) in [5.41, 5.74) is 4.55. The molecule has 4 aromatic rings. The second-order valence-electron chi connectivity index (χ2n) is 8.16. The molecule has 2 aromatic heterocycles. The number of hydrogen-bond donors (Lipinski definition) is 0. The summed E-state index contributed by atoms with van der Waals surface area (Å²) >= 11 is 12.6. The van der Waals surface area contributed by atoms with Crippen molar-refractivity contribution in [1.82, 2.24) is 24.5 Å². The molecule has 0 saturated carbocycles. The summed E-state index contributed by atoms with van der Waals surface area (Å²) < 4.78 is 1.68. The summed E-state index contributed by atoms with van der Waals surface area (Å²) in [5.74, 6) is 1.11. The van der Waals surface area contributed by atoms with Crippen molar-refractivity contribution in [2.45, 2.75) is 13.8 Å². The van der Waals surface area contributed by atoms with Gasteiger partial charge in [0.2, 0.25) is 5.95 Å². The second kappa shape index (κ2) is 8.65. The number of aryl methyl sites for hydroxylation is 2. The van der Waals surface area contributed by atoms with Gasteiger partial charge in [0.15, 0.2) is 0 Å². The second-order valence-corrected chi connectivity index (χ2v) is 9.00. The molecule has 5 rings (SSSR count). The van der Waals surface area contributed by atoms with Gasteiger partial charge in [-0.3, -0.25) is 4.79 Å². The molecule has 1 aliphatic heterocycles. The first-order valence-electron chi connectivity index (χ1n) is 10.7. The van der Waals surface area contributed by atoms with Crippen molar-refractivity contribution in [3.63, 3.8) is 0 Å². The third-order valence-corrected chi connectivity index (χ3v) is 6.60. The number of fused-ring (bicyclic) bond motifs is 1. The third-order valence-electron chi connectivity index (χ3n) is 6.04. The maximum Gasteiger partial charge on any atom is 0.254 e. The van der Waals surface area contributed by atoms with Gasteiger partial charge in [0.1, 0.15) is 0 Å². The van der Waals surface area contributed by atoms with Gasteiger partial charge in [0, 0.05) is 48.5 Å². The van der Waals surface area contributed by atoms with E-state index in [2.05, 4.69) is 14.9 Å². The number of piperazine rings is 1. The predicted octanol–water partition coefficient (Wildman–Crippen LogP) is 4.68. The van der Waals surface area contributed by atoms with Crippen LogP contribution in [0.2, 0.25) is 10.0 Å². The van der Waals surface area contributed by atoms with Gasteiger partial charge in [-0.25, -0.2) is 4.98 Å². The fourth-order valence-electron chi connectivity index (χ4n) is 3.98. The van der Waals surface area contributed by atoms with Crippen LogP contribution in [0.25, 0.3) is 17.0 Å². The number of carbonyl (C=O) groups is 1. The van der Waals surface area contributed by atoms with Gasteiger partial charge in [0.05, 0.1) is 10.7 Å². The van der Waals surface area contributed by atoms with E-state index < -0.39 is 0 Å². The van der Waals surface area contributed by atoms with E-state index in [1.54, 1.807) is 28.9 Å². The quantitative estimate of drug-likeness (QED) is 0.425. The average Bonchev–Trinajstić information content (AvgIpc) is 3.27. The van der Waals surface area contributed by atoms with Gasteiger partial charge in [-0.15, -0.1) is 5.10 Å². The number of benzene rings is 2. The molecular formula is C24H22Cl2N6O. The Morgan fingerprint density at radius 2 is 1.73 bits per heavy atom. The van der Waals surface area contributed by atoms with Crippen LogP contribution in [0.3, 0.4) is 0 Å². The summed E-state index contributed by atoms with van der Waals surface area (Å²) in [5, 5.41) is 5.86. The minimum Gasteiger partial charge on any atom is -0.336 e. The standard InChI is InChI=1S/C24H22Cl2N6O/c1-15-3-4-17(13-16(15)2)22(33)30-9-11-31(12-10-30)24-28-23-27-8-7-21(32(23)29-24)19-14-18(25)5-6-20(19)26/h3-8,13-14H,9-12H2,1-2H3. The van der Waals surface area contributed by atoms with Crippen LogP contribution in [0.15, 0.2) is 48.7 Å². The summed E-state index contributed by atoms with van der Waals surface area (Å²) in [6.45, 7) is 6.55. The third kappa shape index (κ3) is 4.14. The van der Waals surface area contributed by atoms with Crippen molar-refractivity contribution < 1.29 is 4.79 Å². The first-order chi connectivity index (χ1) is 15.9. The lowest BCUT2D eigenvalue weighted by Gasteiger charge is -2.34. The average molecular weight is 481 g/mol. The van der Waals surface area contributed by atoms with Gasteiger partial charge in [-0.05, 0) is 61.4 Å². The zero-order chi connectivity index (χ0) is 23.1. The minimum atomic E-state index is 0.0558. The Morgan fingerprint density at radius 3 is 2.48 bits per heavy atom. The molecule has 0 bridgehead atoms. The number of nitrogens with zero attached hydrogens (tertiary/aromatic N) is 6. The fourth-order valence-corrected chi connectivity index (χ4v) is 4.37. The van der Waals surface area contributed by atoms with E-state index >= 15 is 0 Å². The molecule has 1 fully saturated rings. The lowest BCUT2D eigenvalue weighted by Crippen LogP contribution is -2.49. The number of aromatic nitrogens is 4. The van der Waals surface area contributed by atoms with Crippen LogP contribution < -0.4 is 4.90 Å². The summed E-state index contributed by atoms with van der Waals surface area (Å²) in [6, 6.07) is 13.0. The number of amides is 1. The molecule has 0 aliphatic carbocycles. The number of rotatable bonds is 3. The van der Waals surface area contributed by atoms with Crippen LogP contribution in [0.1, 0.15) is 21.5 Å². The highest BCUT2D eigenvalue weighted by Crippen LogP contribution is 2.30. The van der Waals surface area contributed by atoms with E-state index in [1.807, 2.05) is 43.0 Å². The van der Waals surface area contributed by atoms with Crippen LogP contribution in [0.4, 0.5) is 5.95 Å². The molecule has 0 N–H and O–H groups in total. The number of halogens is 2. The molecule has 9 heteroatoms. The zero-order valence-electron chi connectivity index (χ0n) is 18.3. The van der Waals surface area contributed by atoms with E-state index in [9.17, 15) is 4.79 Å². The van der Waals surface area contributed by atoms with Gasteiger partial charge in [-0.1, -0.05) is 29.3 Å². The largest absolute Gasteiger partial charge is 0.336 e. The van der Waals surface area contributed by atoms with Gasteiger partial charge in [0.25, 0.3) is 11.7 Å². The smallest absolute Gasteiger partial charge is 0.254 e. The number of carbonyl (C=O) groups excluding carboxylic acids is 1. The molecule has 7 nitrogen and oxygen atoms in total. The zero-order valence-corrected chi connectivity index (χ0v) is 19.8. The van der Waals surface area contributed by atoms with E-state index in [-0.39, 0.29) is 5.91 Å². The Balaban J connectivity index is 1.36. The van der Waals surface area contributed by atoms with E-state index in [0.29, 0.717) is 48.0 Å². The SMILES string of the molecule is Cc1ccc(C(=O)N2CCN(c3nc4nccc(-c5cc(Cl)ccc5Cl)n4n3)CC2)cc1C. The fraction of sp³-hybridized carbons (Fsp3) is 0.250. The molecule has 3 heterocycles. The lowest BCUT2D eigenvalue weighted by atomic mass is 10.1. The van der Waals surface area contributed by atoms with Crippen molar-refractivity contribution in [1.29, 1.82) is 0 Å². The Kier molecular flexibility index (Phi) is 5.68. The Hall–Kier alpha value is -3.16. The van der Waals surface area contributed by atoms with Crippen LogP contribution in [0.5, 0.6) is 0 Å². The highest BCUT2D eigenvalue weighted by atomic mass is 35.5. The molecule has 1 aliphatic rings. The molecule has 0 unspecified atom stereocenters. The molecule has 0 radical (unpaired) electrons. The number of anilines is 1. The van der Waals surface area contributed by atoms with E-state index in [0.717, 1.165) is 22.4 Å².